The van der Waals surface area contributed by atoms with Crippen molar-refractivity contribution in [1.82, 2.24) is 9.97 Å². The Balaban J connectivity index is 1.68. The van der Waals surface area contributed by atoms with Crippen LogP contribution in [0.15, 0.2) is 36.7 Å². The molecule has 0 aliphatic heterocycles. The number of amides is 1. The number of pyridine rings is 2. The summed E-state index contributed by atoms with van der Waals surface area (Å²) in [6.07, 6.45) is 4.20. The smallest absolute Gasteiger partial charge is 0.388 e. The number of aromatic nitrogens is 2. The molecule has 2 atom stereocenters. The number of hydrogen-bond donors (Lipinski definition) is 2. The highest BCUT2D eigenvalue weighted by Crippen LogP contribution is 2.39. The summed E-state index contributed by atoms with van der Waals surface area (Å²) in [5.41, 5.74) is 8.99. The number of nitrogens with one attached hydrogen (secondary N) is 1. The summed E-state index contributed by atoms with van der Waals surface area (Å²) in [4.78, 5) is 20.4. The zero-order valence-corrected chi connectivity index (χ0v) is 16.6. The van der Waals surface area contributed by atoms with Crippen molar-refractivity contribution >= 4 is 28.2 Å². The Morgan fingerprint density at radius 1 is 1.32 bits per heavy atom. The normalized spacial score (nSPS) is 17.4. The van der Waals surface area contributed by atoms with Gasteiger partial charge in [0.05, 0.1) is 17.9 Å². The minimum absolute atomic E-state index is 0.144. The molecule has 3 aromatic rings. The van der Waals surface area contributed by atoms with E-state index in [9.17, 15) is 13.6 Å². The first kappa shape index (κ1) is 20.5. The van der Waals surface area contributed by atoms with E-state index < -0.39 is 6.61 Å². The van der Waals surface area contributed by atoms with Crippen molar-refractivity contribution in [2.75, 3.05) is 11.1 Å². The summed E-state index contributed by atoms with van der Waals surface area (Å²) in [6, 6.07) is 8.94. The number of hydrogen-bond acceptors (Lipinski definition) is 6. The van der Waals surface area contributed by atoms with Crippen LogP contribution >= 0.6 is 0 Å². The number of halogens is 2. The number of carbonyl (C=O) groups is 1. The van der Waals surface area contributed by atoms with Crippen LogP contribution in [0.2, 0.25) is 0 Å². The van der Waals surface area contributed by atoms with Gasteiger partial charge >= 0.3 is 6.61 Å². The number of nitrogens with two attached hydrogens (primary N) is 1. The highest BCUT2D eigenvalue weighted by Gasteiger charge is 2.43. The minimum atomic E-state index is -2.94. The number of anilines is 2. The van der Waals surface area contributed by atoms with Crippen LogP contribution < -0.4 is 15.8 Å². The Morgan fingerprint density at radius 2 is 2.13 bits per heavy atom. The summed E-state index contributed by atoms with van der Waals surface area (Å²) in [6.45, 7) is -1.04. The van der Waals surface area contributed by atoms with Crippen molar-refractivity contribution in [1.29, 1.82) is 5.26 Å². The predicted octanol–water partition coefficient (Wildman–Crippen LogP) is 4.14. The lowest BCUT2D eigenvalue weighted by Gasteiger charge is -2.13. The Kier molecular flexibility index (Phi) is 5.38. The van der Waals surface area contributed by atoms with E-state index in [1.54, 1.807) is 18.3 Å². The largest absolute Gasteiger partial charge is 0.417 e. The van der Waals surface area contributed by atoms with E-state index in [4.69, 9.17) is 11.0 Å². The van der Waals surface area contributed by atoms with Crippen LogP contribution in [0.5, 0.6) is 5.88 Å². The van der Waals surface area contributed by atoms with E-state index in [0.29, 0.717) is 29.7 Å². The molecule has 3 N–H and O–H groups in total. The molecule has 0 radical (unpaired) electrons. The summed E-state index contributed by atoms with van der Waals surface area (Å²) >= 11 is 0. The van der Waals surface area contributed by atoms with Crippen LogP contribution in [-0.4, -0.2) is 22.5 Å². The van der Waals surface area contributed by atoms with Crippen LogP contribution in [0.3, 0.4) is 0 Å². The van der Waals surface area contributed by atoms with Gasteiger partial charge in [-0.05, 0) is 47.6 Å². The van der Waals surface area contributed by atoms with E-state index in [1.165, 1.54) is 12.3 Å². The first-order valence-electron chi connectivity index (χ1n) is 9.73. The molecule has 0 unspecified atom stereocenters. The predicted molar refractivity (Wildman–Crippen MR) is 111 cm³/mol. The maximum Gasteiger partial charge on any atom is 0.388 e. The third-order valence-corrected chi connectivity index (χ3v) is 5.28. The van der Waals surface area contributed by atoms with E-state index >= 15 is 0 Å². The lowest BCUT2D eigenvalue weighted by Crippen LogP contribution is -2.15. The molecule has 2 heterocycles. The molecule has 0 saturated heterocycles. The third kappa shape index (κ3) is 4.23. The van der Waals surface area contributed by atoms with Crippen molar-refractivity contribution in [2.45, 2.75) is 26.4 Å². The van der Waals surface area contributed by atoms with Crippen molar-refractivity contribution in [2.24, 2.45) is 11.8 Å². The van der Waals surface area contributed by atoms with Crippen LogP contribution in [0, 0.1) is 23.2 Å². The van der Waals surface area contributed by atoms with Crippen molar-refractivity contribution in [3.63, 3.8) is 0 Å². The van der Waals surface area contributed by atoms with Crippen molar-refractivity contribution in [3.8, 4) is 23.1 Å². The van der Waals surface area contributed by atoms with Crippen LogP contribution in [0.1, 0.15) is 18.9 Å². The monoisotopic (exact) mass is 423 g/mol. The van der Waals surface area contributed by atoms with Crippen LogP contribution in [0.4, 0.5) is 20.3 Å². The summed E-state index contributed by atoms with van der Waals surface area (Å²) in [7, 11) is 0. The first-order chi connectivity index (χ1) is 14.9. The van der Waals surface area contributed by atoms with Gasteiger partial charge < -0.3 is 15.8 Å². The molecule has 31 heavy (non-hydrogen) atoms. The van der Waals surface area contributed by atoms with Gasteiger partial charge in [-0.2, -0.15) is 14.0 Å². The highest BCUT2D eigenvalue weighted by molar-refractivity contribution is 6.00. The minimum Gasteiger partial charge on any atom is -0.417 e. The van der Waals surface area contributed by atoms with Crippen LogP contribution in [-0.2, 0) is 11.2 Å². The molecule has 1 fully saturated rings. The van der Waals surface area contributed by atoms with Crippen LogP contribution in [0.25, 0.3) is 21.9 Å². The fourth-order valence-electron chi connectivity index (χ4n) is 3.54. The molecule has 1 saturated carbocycles. The lowest BCUT2D eigenvalue weighted by molar-refractivity contribution is -0.117. The number of rotatable bonds is 6. The molecule has 158 valence electrons. The Hall–Kier alpha value is -3.80. The zero-order valence-electron chi connectivity index (χ0n) is 16.6. The van der Waals surface area contributed by atoms with Crippen molar-refractivity contribution in [3.05, 3.63) is 42.2 Å². The number of nitrogens with zero attached hydrogens (tertiary/aromatic N) is 3. The molecule has 7 nitrogen and oxygen atoms in total. The number of nitrogen functional groups attached to an aromatic ring is 1. The number of ether oxygens (including phenoxy) is 1. The van der Waals surface area contributed by atoms with E-state index in [1.807, 2.05) is 13.0 Å². The molecular weight excluding hydrogens is 404 g/mol. The SMILES string of the molecule is CCc1cc(OC(F)F)ncc1-c1cc(N)c2cnc(NC(=O)[C@H]3C[C@@H]3C#N)cc2c1. The third-order valence-electron chi connectivity index (χ3n) is 5.28. The molecule has 9 heteroatoms. The summed E-state index contributed by atoms with van der Waals surface area (Å²) in [5.74, 6) is -0.540. The van der Waals surface area contributed by atoms with Gasteiger partial charge in [0.1, 0.15) is 5.82 Å². The molecule has 0 bridgehead atoms. The molecule has 1 aliphatic carbocycles. The summed E-state index contributed by atoms with van der Waals surface area (Å²) < 4.78 is 29.4. The van der Waals surface area contributed by atoms with E-state index in [2.05, 4.69) is 26.1 Å². The van der Waals surface area contributed by atoms with Gasteiger partial charge in [0.15, 0.2) is 0 Å². The number of nitriles is 1. The van der Waals surface area contributed by atoms with Gasteiger partial charge in [-0.1, -0.05) is 6.92 Å². The fourth-order valence-corrected chi connectivity index (χ4v) is 3.54. The molecule has 4 rings (SSSR count). The second-order valence-electron chi connectivity index (χ2n) is 7.33. The zero-order chi connectivity index (χ0) is 22.1. The second kappa shape index (κ2) is 8.14. The maximum absolute atomic E-state index is 12.5. The van der Waals surface area contributed by atoms with E-state index in [-0.39, 0.29) is 23.6 Å². The average Bonchev–Trinajstić information content (AvgIpc) is 3.53. The quantitative estimate of drug-likeness (QED) is 0.576. The van der Waals surface area contributed by atoms with Gasteiger partial charge in [-0.3, -0.25) is 4.79 Å². The molecule has 0 spiro atoms. The first-order valence-corrected chi connectivity index (χ1v) is 9.73. The van der Waals surface area contributed by atoms with Gasteiger partial charge in [0, 0.05) is 35.1 Å². The Bertz CT molecular complexity index is 1210. The molecule has 1 amide bonds. The highest BCUT2D eigenvalue weighted by atomic mass is 19.3. The summed E-state index contributed by atoms with van der Waals surface area (Å²) in [5, 5.41) is 13.1. The topological polar surface area (TPSA) is 114 Å². The number of benzene rings is 1. The van der Waals surface area contributed by atoms with E-state index in [0.717, 1.165) is 22.1 Å². The Morgan fingerprint density at radius 3 is 2.81 bits per heavy atom. The molecule has 1 aliphatic rings. The maximum atomic E-state index is 12.5. The second-order valence-corrected chi connectivity index (χ2v) is 7.33. The van der Waals surface area contributed by atoms with Gasteiger partial charge in [0.2, 0.25) is 11.8 Å². The van der Waals surface area contributed by atoms with Gasteiger partial charge in [0.25, 0.3) is 0 Å². The fraction of sp³-hybridized carbons (Fsp3) is 0.273. The molecule has 2 aromatic heterocycles. The molecule has 1 aromatic carbocycles. The Labute approximate surface area is 176 Å². The number of fused-ring (bicyclic) bond motifs is 1. The molecular formula is C22H19F2N5O2. The van der Waals surface area contributed by atoms with Crippen molar-refractivity contribution < 1.29 is 18.3 Å². The standard InChI is InChI=1S/C22H19F2N5O2/c1-2-11-7-20(31-22(23)24)28-9-16(11)12-3-13-6-19(27-10-17(13)18(26)5-12)29-21(30)15-4-14(15)8-25/h3,5-7,9-10,14-15,22H,2,4,26H2,1H3,(H,27,29,30)/t14-,15+/m1/s1. The number of carbonyl (C=O) groups excluding carboxylic acids is 1. The lowest BCUT2D eigenvalue weighted by atomic mass is 9.97. The number of aryl methyl sites for hydroxylation is 1. The van der Waals surface area contributed by atoms with Gasteiger partial charge in [-0.15, -0.1) is 0 Å². The number of alkyl halides is 2. The average molecular weight is 423 g/mol. The van der Waals surface area contributed by atoms with Gasteiger partial charge in [-0.25, -0.2) is 9.97 Å².